The van der Waals surface area contributed by atoms with Gasteiger partial charge in [0.15, 0.2) is 0 Å². The number of rotatable bonds is 5. The van der Waals surface area contributed by atoms with Gasteiger partial charge in [0.25, 0.3) is 0 Å². The third-order valence-electron chi connectivity index (χ3n) is 5.08. The van der Waals surface area contributed by atoms with Crippen molar-refractivity contribution in [3.05, 3.63) is 109 Å². The first kappa shape index (κ1) is 18.7. The van der Waals surface area contributed by atoms with Crippen LogP contribution in [0.15, 0.2) is 103 Å². The lowest BCUT2D eigenvalue weighted by Gasteiger charge is -2.12. The van der Waals surface area contributed by atoms with Crippen LogP contribution >= 0.6 is 0 Å². The van der Waals surface area contributed by atoms with E-state index in [9.17, 15) is 0 Å². The van der Waals surface area contributed by atoms with Crippen LogP contribution in [0.5, 0.6) is 0 Å². The number of hydrogen-bond donors (Lipinski definition) is 1. The maximum absolute atomic E-state index is 5.82. The molecule has 0 heterocycles. The van der Waals surface area contributed by atoms with Gasteiger partial charge in [-0.05, 0) is 57.1 Å². The van der Waals surface area contributed by atoms with Gasteiger partial charge < -0.3 is 4.74 Å². The van der Waals surface area contributed by atoms with Gasteiger partial charge in [0.1, 0.15) is 0 Å². The Balaban J connectivity index is 1.77. The van der Waals surface area contributed by atoms with Gasteiger partial charge in [0, 0.05) is 0 Å². The molecule has 0 radical (unpaired) electrons. The molecule has 0 aliphatic rings. The highest BCUT2D eigenvalue weighted by molar-refractivity contribution is 5.81. The Morgan fingerprint density at radius 3 is 1.41 bits per heavy atom. The highest BCUT2D eigenvalue weighted by atomic mass is 16.5. The zero-order valence-electron chi connectivity index (χ0n) is 16.5. The molecule has 0 bridgehead atoms. The van der Waals surface area contributed by atoms with E-state index >= 15 is 0 Å². The van der Waals surface area contributed by atoms with Crippen LogP contribution in [0, 0.1) is 0 Å². The number of hydrogen-bond acceptors (Lipinski definition) is 1. The van der Waals surface area contributed by atoms with Crippen molar-refractivity contribution in [1.29, 1.82) is 0 Å². The molecule has 0 saturated heterocycles. The molecule has 0 aliphatic heterocycles. The Morgan fingerprint density at radius 2 is 1.00 bits per heavy atom. The van der Waals surface area contributed by atoms with Crippen LogP contribution in [-0.4, -0.2) is 13.0 Å². The average Bonchev–Trinajstić information content (AvgIpc) is 2.80. The van der Waals surface area contributed by atoms with E-state index in [-0.39, 0.29) is 0 Å². The van der Waals surface area contributed by atoms with Gasteiger partial charge in [-0.2, -0.15) is 0 Å². The van der Waals surface area contributed by atoms with Crippen molar-refractivity contribution in [2.45, 2.75) is 6.42 Å². The fraction of sp³-hybridized carbons (Fsp3) is 0.0741. The molecule has 2 heteroatoms. The van der Waals surface area contributed by atoms with E-state index in [0.29, 0.717) is 12.3 Å². The molecular formula is C27H24NO+. The molecule has 4 rings (SSSR count). The summed E-state index contributed by atoms with van der Waals surface area (Å²) in [6, 6.07) is 36.3. The highest BCUT2D eigenvalue weighted by Crippen LogP contribution is 2.33. The molecule has 0 amide bonds. The van der Waals surface area contributed by atoms with Crippen molar-refractivity contribution in [1.82, 2.24) is 0 Å². The first-order chi connectivity index (χ1) is 14.2. The van der Waals surface area contributed by atoms with Crippen molar-refractivity contribution < 1.29 is 10.1 Å². The molecule has 4 aromatic rings. The van der Waals surface area contributed by atoms with Gasteiger partial charge in [-0.1, -0.05) is 84.9 Å². The number of methoxy groups -OCH3 is 1. The van der Waals surface area contributed by atoms with Crippen molar-refractivity contribution in [3.8, 4) is 33.4 Å². The third kappa shape index (κ3) is 4.44. The van der Waals surface area contributed by atoms with Crippen LogP contribution in [0.2, 0.25) is 0 Å². The summed E-state index contributed by atoms with van der Waals surface area (Å²) in [6.45, 7) is 0. The third-order valence-corrected chi connectivity index (χ3v) is 5.08. The first-order valence-corrected chi connectivity index (χ1v) is 9.73. The fourth-order valence-corrected chi connectivity index (χ4v) is 3.48. The Kier molecular flexibility index (Phi) is 5.53. The van der Waals surface area contributed by atoms with Crippen LogP contribution in [-0.2, 0) is 11.2 Å². The monoisotopic (exact) mass is 378 g/mol. The topological polar surface area (TPSA) is 34.8 Å². The summed E-state index contributed by atoms with van der Waals surface area (Å²) in [5.74, 6) is 0.523. The summed E-state index contributed by atoms with van der Waals surface area (Å²) in [5.41, 5.74) is 8.36. The predicted molar refractivity (Wildman–Crippen MR) is 120 cm³/mol. The van der Waals surface area contributed by atoms with E-state index in [1.54, 1.807) is 7.11 Å². The minimum atomic E-state index is 0.523. The molecular weight excluding hydrogens is 354 g/mol. The fourth-order valence-electron chi connectivity index (χ4n) is 3.48. The Labute approximate surface area is 171 Å². The Hall–Kier alpha value is -3.65. The molecule has 142 valence electrons. The standard InChI is InChI=1S/C27H23NO/c1-29-27(28)16-20-12-14-23(15-13-20)26-18-24(21-8-4-2-5-9-21)17-25(19-26)22-10-6-3-7-11-22/h2-15,17-19,28H,16H2,1H3/p+1. The van der Waals surface area contributed by atoms with Gasteiger partial charge in [0.05, 0.1) is 13.5 Å². The van der Waals surface area contributed by atoms with Crippen LogP contribution < -0.4 is 5.41 Å². The molecule has 2 nitrogen and oxygen atoms in total. The average molecular weight is 378 g/mol. The second-order valence-electron chi connectivity index (χ2n) is 7.08. The summed E-state index contributed by atoms with van der Waals surface area (Å²) >= 11 is 0. The van der Waals surface area contributed by atoms with Crippen LogP contribution in [0.4, 0.5) is 0 Å². The van der Waals surface area contributed by atoms with E-state index in [0.717, 1.165) is 5.56 Å². The predicted octanol–water partition coefficient (Wildman–Crippen LogP) is 5.03. The molecule has 29 heavy (non-hydrogen) atoms. The van der Waals surface area contributed by atoms with Crippen molar-refractivity contribution in [3.63, 3.8) is 0 Å². The smallest absolute Gasteiger partial charge is 0.337 e. The van der Waals surface area contributed by atoms with E-state index < -0.39 is 0 Å². The molecule has 4 aromatic carbocycles. The highest BCUT2D eigenvalue weighted by Gasteiger charge is 2.09. The summed E-state index contributed by atoms with van der Waals surface area (Å²) in [4.78, 5) is 0. The first-order valence-electron chi connectivity index (χ1n) is 9.73. The van der Waals surface area contributed by atoms with E-state index in [1.807, 2.05) is 12.1 Å². The molecule has 0 atom stereocenters. The zero-order valence-corrected chi connectivity index (χ0v) is 16.5. The van der Waals surface area contributed by atoms with E-state index in [1.165, 1.54) is 33.4 Å². The van der Waals surface area contributed by atoms with E-state index in [4.69, 9.17) is 10.1 Å². The maximum atomic E-state index is 5.82. The normalized spacial score (nSPS) is 10.5. The number of nitrogens with two attached hydrogens (primary N) is 1. The van der Waals surface area contributed by atoms with Crippen LogP contribution in [0.25, 0.3) is 33.4 Å². The lowest BCUT2D eigenvalue weighted by atomic mass is 9.93. The van der Waals surface area contributed by atoms with Crippen LogP contribution in [0.3, 0.4) is 0 Å². The molecule has 0 spiro atoms. The lowest BCUT2D eigenvalue weighted by Crippen LogP contribution is -2.42. The molecule has 0 aliphatic carbocycles. The molecule has 0 aromatic heterocycles. The van der Waals surface area contributed by atoms with Gasteiger partial charge >= 0.3 is 5.90 Å². The minimum Gasteiger partial charge on any atom is -0.451 e. The summed E-state index contributed by atoms with van der Waals surface area (Å²) < 4.78 is 5.09. The van der Waals surface area contributed by atoms with Crippen LogP contribution in [0.1, 0.15) is 5.56 Å². The number of benzene rings is 4. The van der Waals surface area contributed by atoms with Crippen molar-refractivity contribution >= 4 is 5.90 Å². The Bertz CT molecular complexity index is 1040. The van der Waals surface area contributed by atoms with Gasteiger partial charge in [0.2, 0.25) is 0 Å². The SMILES string of the molecule is COC(=[NH2+])Cc1ccc(-c2cc(-c3ccccc3)cc(-c3ccccc3)c2)cc1. The molecule has 0 fully saturated rings. The van der Waals surface area contributed by atoms with Gasteiger partial charge in [-0.15, -0.1) is 0 Å². The minimum absolute atomic E-state index is 0.523. The summed E-state index contributed by atoms with van der Waals surface area (Å²) in [5, 5.41) is 5.82. The van der Waals surface area contributed by atoms with E-state index in [2.05, 4.69) is 91.0 Å². The summed E-state index contributed by atoms with van der Waals surface area (Å²) in [6.07, 6.45) is 0.621. The molecule has 2 N–H and O–H groups in total. The zero-order chi connectivity index (χ0) is 20.1. The van der Waals surface area contributed by atoms with Crippen molar-refractivity contribution in [2.75, 3.05) is 7.11 Å². The largest absolute Gasteiger partial charge is 0.451 e. The number of ether oxygens (including phenoxy) is 1. The molecule has 0 saturated carbocycles. The second kappa shape index (κ2) is 8.57. The Morgan fingerprint density at radius 1 is 0.586 bits per heavy atom. The quantitative estimate of drug-likeness (QED) is 0.383. The lowest BCUT2D eigenvalue weighted by molar-refractivity contribution is -0.139. The molecule has 0 unspecified atom stereocenters. The van der Waals surface area contributed by atoms with Crippen molar-refractivity contribution in [2.24, 2.45) is 0 Å². The van der Waals surface area contributed by atoms with Gasteiger partial charge in [-0.25, -0.2) is 5.41 Å². The second-order valence-corrected chi connectivity index (χ2v) is 7.08. The maximum Gasteiger partial charge on any atom is 0.337 e. The summed E-state index contributed by atoms with van der Waals surface area (Å²) in [7, 11) is 1.60. The van der Waals surface area contributed by atoms with Gasteiger partial charge in [-0.3, -0.25) is 0 Å².